The minimum absolute atomic E-state index is 0.147. The van der Waals surface area contributed by atoms with E-state index in [2.05, 4.69) is 28.2 Å². The molecule has 0 aliphatic carbocycles. The Balaban J connectivity index is 1.17. The highest BCUT2D eigenvalue weighted by Gasteiger charge is 2.12. The van der Waals surface area contributed by atoms with Crippen molar-refractivity contribution >= 4 is 17.2 Å². The number of ether oxygens (including phenoxy) is 2. The van der Waals surface area contributed by atoms with Crippen LogP contribution >= 0.6 is 0 Å². The number of carbonyl (C=O) groups is 1. The van der Waals surface area contributed by atoms with E-state index in [1.54, 1.807) is 12.1 Å². The summed E-state index contributed by atoms with van der Waals surface area (Å²) in [5.41, 5.74) is 5.46. The van der Waals surface area contributed by atoms with Gasteiger partial charge in [0, 0.05) is 43.3 Å². The van der Waals surface area contributed by atoms with E-state index in [1.807, 2.05) is 59.3 Å². The molecule has 1 aliphatic heterocycles. The number of aromatic nitrogens is 2. The highest BCUT2D eigenvalue weighted by Crippen LogP contribution is 2.18. The maximum Gasteiger partial charge on any atom is 0.255 e. The van der Waals surface area contributed by atoms with Gasteiger partial charge in [-0.05, 0) is 60.5 Å². The van der Waals surface area contributed by atoms with E-state index in [4.69, 9.17) is 9.47 Å². The average molecular weight is 457 g/mol. The van der Waals surface area contributed by atoms with Gasteiger partial charge in [-0.15, -0.1) is 0 Å². The van der Waals surface area contributed by atoms with E-state index < -0.39 is 0 Å². The number of fused-ring (bicyclic) bond motifs is 1. The van der Waals surface area contributed by atoms with Gasteiger partial charge in [-0.1, -0.05) is 18.2 Å². The number of benzene rings is 2. The van der Waals surface area contributed by atoms with E-state index >= 15 is 0 Å². The zero-order valence-corrected chi connectivity index (χ0v) is 19.2. The van der Waals surface area contributed by atoms with Crippen LogP contribution in [0.3, 0.4) is 0 Å². The molecular weight excluding hydrogens is 428 g/mol. The van der Waals surface area contributed by atoms with Gasteiger partial charge < -0.3 is 19.2 Å². The molecule has 4 aromatic rings. The standard InChI is InChI=1S/C27H28N4O3/c1-20-5-10-26-28-24(18-31(26)16-20)19-34-25-8-6-22(7-9-25)27(32)29-23-4-2-3-21(15-23)17-30-11-13-33-14-12-30/h2-10,15-16,18H,11-14,17,19H2,1H3,(H,29,32). The molecular formula is C27H28N4O3. The molecule has 0 spiro atoms. The molecule has 0 atom stereocenters. The number of pyridine rings is 1. The summed E-state index contributed by atoms with van der Waals surface area (Å²) in [7, 11) is 0. The van der Waals surface area contributed by atoms with E-state index in [-0.39, 0.29) is 5.91 Å². The Morgan fingerprint density at radius 3 is 2.71 bits per heavy atom. The SMILES string of the molecule is Cc1ccc2nc(COc3ccc(C(=O)Nc4cccc(CN5CCOCC5)c4)cc3)cn2c1. The number of amides is 1. The molecule has 1 saturated heterocycles. The molecule has 0 radical (unpaired) electrons. The molecule has 1 amide bonds. The van der Waals surface area contributed by atoms with Crippen molar-refractivity contribution in [1.29, 1.82) is 0 Å². The number of carbonyl (C=O) groups excluding carboxylic acids is 1. The lowest BCUT2D eigenvalue weighted by Crippen LogP contribution is -2.35. The van der Waals surface area contributed by atoms with Crippen LogP contribution in [0.4, 0.5) is 5.69 Å². The number of hydrogen-bond acceptors (Lipinski definition) is 5. The minimum atomic E-state index is -0.147. The molecule has 34 heavy (non-hydrogen) atoms. The van der Waals surface area contributed by atoms with Gasteiger partial charge in [0.2, 0.25) is 0 Å². The number of anilines is 1. The fraction of sp³-hybridized carbons (Fsp3) is 0.259. The third-order valence-electron chi connectivity index (χ3n) is 5.85. The lowest BCUT2D eigenvalue weighted by Gasteiger charge is -2.26. The number of aryl methyl sites for hydroxylation is 1. The van der Waals surface area contributed by atoms with Crippen LogP contribution in [-0.2, 0) is 17.9 Å². The van der Waals surface area contributed by atoms with Gasteiger partial charge in [0.05, 0.1) is 18.9 Å². The Morgan fingerprint density at radius 2 is 1.88 bits per heavy atom. The van der Waals surface area contributed by atoms with Gasteiger partial charge in [-0.3, -0.25) is 9.69 Å². The highest BCUT2D eigenvalue weighted by molar-refractivity contribution is 6.04. The van der Waals surface area contributed by atoms with Gasteiger partial charge in [0.15, 0.2) is 0 Å². The summed E-state index contributed by atoms with van der Waals surface area (Å²) in [6, 6.07) is 19.2. The normalized spacial score (nSPS) is 14.3. The van der Waals surface area contributed by atoms with Gasteiger partial charge in [0.1, 0.15) is 18.0 Å². The first-order valence-electron chi connectivity index (χ1n) is 11.5. The monoisotopic (exact) mass is 456 g/mol. The Bertz CT molecular complexity index is 1280. The Hall–Kier alpha value is -3.68. The topological polar surface area (TPSA) is 68.1 Å². The number of hydrogen-bond donors (Lipinski definition) is 1. The van der Waals surface area contributed by atoms with Crippen LogP contribution in [-0.4, -0.2) is 46.5 Å². The van der Waals surface area contributed by atoms with E-state index in [0.717, 1.165) is 49.9 Å². The van der Waals surface area contributed by atoms with Crippen molar-refractivity contribution in [2.24, 2.45) is 0 Å². The van der Waals surface area contributed by atoms with Crippen LogP contribution in [0.1, 0.15) is 27.2 Å². The third-order valence-corrected chi connectivity index (χ3v) is 5.85. The maximum absolute atomic E-state index is 12.7. The summed E-state index contributed by atoms with van der Waals surface area (Å²) in [5.74, 6) is 0.545. The van der Waals surface area contributed by atoms with Crippen molar-refractivity contribution in [3.8, 4) is 5.75 Å². The molecule has 1 N–H and O–H groups in total. The Labute approximate surface area is 198 Å². The molecule has 7 heteroatoms. The molecule has 1 aliphatic rings. The lowest BCUT2D eigenvalue weighted by atomic mass is 10.1. The van der Waals surface area contributed by atoms with Gasteiger partial charge in [-0.2, -0.15) is 0 Å². The summed E-state index contributed by atoms with van der Waals surface area (Å²) < 4.78 is 13.3. The largest absolute Gasteiger partial charge is 0.487 e. The van der Waals surface area contributed by atoms with Crippen molar-refractivity contribution in [3.63, 3.8) is 0 Å². The van der Waals surface area contributed by atoms with Crippen LogP contribution in [0.25, 0.3) is 5.65 Å². The molecule has 1 fully saturated rings. The van der Waals surface area contributed by atoms with Gasteiger partial charge in [-0.25, -0.2) is 4.98 Å². The average Bonchev–Trinajstić information content (AvgIpc) is 3.26. The molecule has 5 rings (SSSR count). The van der Waals surface area contributed by atoms with E-state index in [9.17, 15) is 4.79 Å². The van der Waals surface area contributed by atoms with Crippen molar-refractivity contribution in [3.05, 3.63) is 95.4 Å². The first kappa shape index (κ1) is 22.1. The number of morpholine rings is 1. The summed E-state index contributed by atoms with van der Waals surface area (Å²) in [4.78, 5) is 19.7. The fourth-order valence-electron chi connectivity index (χ4n) is 4.05. The first-order chi connectivity index (χ1) is 16.6. The number of rotatable bonds is 7. The molecule has 2 aromatic carbocycles. The molecule has 2 aromatic heterocycles. The minimum Gasteiger partial charge on any atom is -0.487 e. The number of imidazole rings is 1. The molecule has 0 saturated carbocycles. The predicted octanol–water partition coefficient (Wildman–Crippen LogP) is 4.31. The van der Waals surface area contributed by atoms with Crippen molar-refractivity contribution in [1.82, 2.24) is 14.3 Å². The summed E-state index contributed by atoms with van der Waals surface area (Å²) in [5, 5.41) is 3.00. The second kappa shape index (κ2) is 10.1. The van der Waals surface area contributed by atoms with Crippen molar-refractivity contribution < 1.29 is 14.3 Å². The second-order valence-corrected chi connectivity index (χ2v) is 8.56. The lowest BCUT2D eigenvalue weighted by molar-refractivity contribution is 0.0342. The molecule has 0 bridgehead atoms. The van der Waals surface area contributed by atoms with Crippen molar-refractivity contribution in [2.45, 2.75) is 20.1 Å². The maximum atomic E-state index is 12.7. The Kier molecular flexibility index (Phi) is 6.56. The van der Waals surface area contributed by atoms with Crippen LogP contribution in [0.5, 0.6) is 5.75 Å². The first-order valence-corrected chi connectivity index (χ1v) is 11.5. The van der Waals surface area contributed by atoms with Crippen molar-refractivity contribution in [2.75, 3.05) is 31.6 Å². The molecule has 0 unspecified atom stereocenters. The van der Waals surface area contributed by atoms with E-state index in [0.29, 0.717) is 17.9 Å². The van der Waals surface area contributed by atoms with Gasteiger partial charge in [0.25, 0.3) is 5.91 Å². The third kappa shape index (κ3) is 5.44. The second-order valence-electron chi connectivity index (χ2n) is 8.56. The van der Waals surface area contributed by atoms with Crippen LogP contribution in [0, 0.1) is 6.92 Å². The summed E-state index contributed by atoms with van der Waals surface area (Å²) in [6.45, 7) is 6.68. The quantitative estimate of drug-likeness (QED) is 0.449. The predicted molar refractivity (Wildman–Crippen MR) is 131 cm³/mol. The zero-order valence-electron chi connectivity index (χ0n) is 19.2. The summed E-state index contributed by atoms with van der Waals surface area (Å²) in [6.07, 6.45) is 4.01. The smallest absolute Gasteiger partial charge is 0.255 e. The molecule has 174 valence electrons. The van der Waals surface area contributed by atoms with Gasteiger partial charge >= 0.3 is 0 Å². The van der Waals surface area contributed by atoms with Crippen LogP contribution in [0.15, 0.2) is 73.1 Å². The highest BCUT2D eigenvalue weighted by atomic mass is 16.5. The zero-order chi connectivity index (χ0) is 23.3. The number of nitrogens with one attached hydrogen (secondary N) is 1. The number of nitrogens with zero attached hydrogens (tertiary/aromatic N) is 3. The van der Waals surface area contributed by atoms with Crippen LogP contribution in [0.2, 0.25) is 0 Å². The summed E-state index contributed by atoms with van der Waals surface area (Å²) >= 11 is 0. The molecule has 3 heterocycles. The van der Waals surface area contributed by atoms with E-state index in [1.165, 1.54) is 11.1 Å². The Morgan fingerprint density at radius 1 is 1.06 bits per heavy atom. The fourth-order valence-corrected chi connectivity index (χ4v) is 4.05. The van der Waals surface area contributed by atoms with Crippen LogP contribution < -0.4 is 10.1 Å². The molecule has 7 nitrogen and oxygen atoms in total.